The molecule has 0 amide bonds. The summed E-state index contributed by atoms with van der Waals surface area (Å²) in [6, 6.07) is 5.70. The monoisotopic (exact) mass is 300 g/mol. The van der Waals surface area contributed by atoms with Crippen LogP contribution in [0.5, 0.6) is 0 Å². The molecule has 94 valence electrons. The summed E-state index contributed by atoms with van der Waals surface area (Å²) in [5, 5.41) is 6.66. The fourth-order valence-corrected chi connectivity index (χ4v) is 2.80. The Bertz CT molecular complexity index is 378. The minimum Gasteiger partial charge on any atom is -0.314 e. The molecule has 2 atom stereocenters. The van der Waals surface area contributed by atoms with Gasteiger partial charge < -0.3 is 10.6 Å². The van der Waals surface area contributed by atoms with Crippen LogP contribution >= 0.6 is 15.9 Å². The van der Waals surface area contributed by atoms with Crippen LogP contribution in [0.1, 0.15) is 30.9 Å². The van der Waals surface area contributed by atoms with E-state index >= 15 is 0 Å². The average molecular weight is 301 g/mol. The van der Waals surface area contributed by atoms with Crippen LogP contribution in [-0.2, 0) is 0 Å². The minimum absolute atomic E-state index is 0.0723. The normalized spacial score (nSPS) is 21.7. The number of hydrogen-bond donors (Lipinski definition) is 2. The summed E-state index contributed by atoms with van der Waals surface area (Å²) in [6.07, 6.45) is 3.35. The van der Waals surface area contributed by atoms with Gasteiger partial charge in [-0.1, -0.05) is 15.9 Å². The molecule has 17 heavy (non-hydrogen) atoms. The van der Waals surface area contributed by atoms with Gasteiger partial charge in [0.25, 0.3) is 0 Å². The predicted octanol–water partition coefficient (Wildman–Crippen LogP) is 2.99. The van der Waals surface area contributed by atoms with E-state index in [0.717, 1.165) is 23.0 Å². The van der Waals surface area contributed by atoms with Crippen LogP contribution in [0.3, 0.4) is 0 Å². The van der Waals surface area contributed by atoms with Crippen molar-refractivity contribution in [3.05, 3.63) is 34.1 Å². The van der Waals surface area contributed by atoms with Gasteiger partial charge in [0.05, 0.1) is 0 Å². The predicted molar refractivity (Wildman–Crippen MR) is 71.5 cm³/mol. The molecule has 1 saturated heterocycles. The Morgan fingerprint density at radius 2 is 2.41 bits per heavy atom. The Kier molecular flexibility index (Phi) is 4.54. The maximum atomic E-state index is 13.8. The molecular weight excluding hydrogens is 283 g/mol. The van der Waals surface area contributed by atoms with Gasteiger partial charge >= 0.3 is 0 Å². The van der Waals surface area contributed by atoms with Gasteiger partial charge in [-0.3, -0.25) is 0 Å². The third-order valence-electron chi connectivity index (χ3n) is 3.36. The van der Waals surface area contributed by atoms with Gasteiger partial charge in [0, 0.05) is 22.1 Å². The highest BCUT2D eigenvalue weighted by molar-refractivity contribution is 9.10. The van der Waals surface area contributed by atoms with Crippen LogP contribution in [0, 0.1) is 5.82 Å². The zero-order valence-electron chi connectivity index (χ0n) is 9.97. The summed E-state index contributed by atoms with van der Waals surface area (Å²) in [7, 11) is 1.89. The van der Waals surface area contributed by atoms with Crippen LogP contribution in [0.15, 0.2) is 22.7 Å². The van der Waals surface area contributed by atoms with E-state index in [4.69, 9.17) is 0 Å². The molecule has 1 aromatic carbocycles. The lowest BCUT2D eigenvalue weighted by Gasteiger charge is -2.21. The van der Waals surface area contributed by atoms with Gasteiger partial charge in [0.2, 0.25) is 0 Å². The van der Waals surface area contributed by atoms with Crippen LogP contribution in [0.25, 0.3) is 0 Å². The largest absolute Gasteiger partial charge is 0.314 e. The summed E-state index contributed by atoms with van der Waals surface area (Å²) in [4.78, 5) is 0. The van der Waals surface area contributed by atoms with Crippen molar-refractivity contribution in [1.29, 1.82) is 0 Å². The summed E-state index contributed by atoms with van der Waals surface area (Å²) >= 11 is 3.40. The van der Waals surface area contributed by atoms with Crippen LogP contribution in [-0.4, -0.2) is 19.6 Å². The Morgan fingerprint density at radius 3 is 3.06 bits per heavy atom. The molecule has 1 heterocycles. The molecule has 0 saturated carbocycles. The smallest absolute Gasteiger partial charge is 0.128 e. The first-order valence-corrected chi connectivity index (χ1v) is 6.85. The van der Waals surface area contributed by atoms with Crippen molar-refractivity contribution in [2.24, 2.45) is 0 Å². The Morgan fingerprint density at radius 1 is 1.59 bits per heavy atom. The van der Waals surface area contributed by atoms with Crippen LogP contribution in [0.4, 0.5) is 4.39 Å². The maximum Gasteiger partial charge on any atom is 0.128 e. The Labute approximate surface area is 110 Å². The van der Waals surface area contributed by atoms with E-state index in [2.05, 4.69) is 26.6 Å². The molecule has 2 nitrogen and oxygen atoms in total. The zero-order chi connectivity index (χ0) is 12.3. The average Bonchev–Trinajstić information content (AvgIpc) is 2.82. The SMILES string of the molecule is CNC(CC1CCCN1)c1cc(Br)ccc1F. The Hall–Kier alpha value is -0.450. The van der Waals surface area contributed by atoms with Crippen molar-refractivity contribution >= 4 is 15.9 Å². The standard InChI is InChI=1S/C13H18BrFN2/c1-16-13(8-10-3-2-6-17-10)11-7-9(14)4-5-12(11)15/h4-5,7,10,13,16-17H,2-3,6,8H2,1H3. The van der Waals surface area contributed by atoms with E-state index in [9.17, 15) is 4.39 Å². The second-order valence-corrected chi connectivity index (χ2v) is 5.45. The third kappa shape index (κ3) is 3.27. The minimum atomic E-state index is -0.134. The van der Waals surface area contributed by atoms with Crippen molar-refractivity contribution in [3.63, 3.8) is 0 Å². The van der Waals surface area contributed by atoms with Crippen molar-refractivity contribution < 1.29 is 4.39 Å². The topological polar surface area (TPSA) is 24.1 Å². The summed E-state index contributed by atoms with van der Waals surface area (Å²) in [5.41, 5.74) is 0.746. The zero-order valence-corrected chi connectivity index (χ0v) is 11.6. The van der Waals surface area contributed by atoms with Gasteiger partial charge in [-0.2, -0.15) is 0 Å². The van der Waals surface area contributed by atoms with Gasteiger partial charge in [0.15, 0.2) is 0 Å². The Balaban J connectivity index is 2.13. The highest BCUT2D eigenvalue weighted by Gasteiger charge is 2.21. The molecule has 2 unspecified atom stereocenters. The molecule has 2 N–H and O–H groups in total. The van der Waals surface area contributed by atoms with Gasteiger partial charge in [-0.25, -0.2) is 4.39 Å². The fourth-order valence-electron chi connectivity index (χ4n) is 2.42. The highest BCUT2D eigenvalue weighted by atomic mass is 79.9. The molecule has 1 aliphatic rings. The van der Waals surface area contributed by atoms with Gasteiger partial charge in [-0.15, -0.1) is 0 Å². The molecule has 0 bridgehead atoms. The van der Waals surface area contributed by atoms with Crippen molar-refractivity contribution in [2.45, 2.75) is 31.3 Å². The first-order chi connectivity index (χ1) is 8.20. The summed E-state index contributed by atoms with van der Waals surface area (Å²) in [6.45, 7) is 1.09. The molecule has 1 aromatic rings. The molecule has 0 radical (unpaired) electrons. The lowest BCUT2D eigenvalue weighted by molar-refractivity contribution is 0.438. The molecule has 4 heteroatoms. The molecule has 1 fully saturated rings. The fraction of sp³-hybridized carbons (Fsp3) is 0.538. The first kappa shape index (κ1) is 13.0. The number of rotatable bonds is 4. The van der Waals surface area contributed by atoms with E-state index < -0.39 is 0 Å². The van der Waals surface area contributed by atoms with Gasteiger partial charge in [-0.05, 0) is 51.1 Å². The van der Waals surface area contributed by atoms with Crippen molar-refractivity contribution in [2.75, 3.05) is 13.6 Å². The van der Waals surface area contributed by atoms with Gasteiger partial charge in [0.1, 0.15) is 5.82 Å². The molecular formula is C13H18BrFN2. The number of nitrogens with one attached hydrogen (secondary N) is 2. The second-order valence-electron chi connectivity index (χ2n) is 4.54. The first-order valence-electron chi connectivity index (χ1n) is 6.06. The van der Waals surface area contributed by atoms with E-state index in [1.54, 1.807) is 6.07 Å². The lowest BCUT2D eigenvalue weighted by atomic mass is 9.98. The van der Waals surface area contributed by atoms with E-state index in [1.807, 2.05) is 13.1 Å². The molecule has 2 rings (SSSR count). The number of halogens is 2. The van der Waals surface area contributed by atoms with Crippen molar-refractivity contribution in [1.82, 2.24) is 10.6 Å². The van der Waals surface area contributed by atoms with E-state index in [-0.39, 0.29) is 11.9 Å². The quantitative estimate of drug-likeness (QED) is 0.893. The second kappa shape index (κ2) is 5.94. The molecule has 1 aliphatic heterocycles. The van der Waals surface area contributed by atoms with Crippen molar-refractivity contribution in [3.8, 4) is 0 Å². The lowest BCUT2D eigenvalue weighted by Crippen LogP contribution is -2.29. The highest BCUT2D eigenvalue weighted by Crippen LogP contribution is 2.26. The van der Waals surface area contributed by atoms with E-state index in [0.29, 0.717) is 6.04 Å². The molecule has 0 aliphatic carbocycles. The van der Waals surface area contributed by atoms with E-state index in [1.165, 1.54) is 18.9 Å². The van der Waals surface area contributed by atoms with Crippen LogP contribution in [0.2, 0.25) is 0 Å². The maximum absolute atomic E-state index is 13.8. The third-order valence-corrected chi connectivity index (χ3v) is 3.86. The molecule has 0 aromatic heterocycles. The molecule has 0 spiro atoms. The summed E-state index contributed by atoms with van der Waals surface area (Å²) < 4.78 is 14.7. The van der Waals surface area contributed by atoms with Crippen LogP contribution < -0.4 is 10.6 Å². The summed E-state index contributed by atoms with van der Waals surface area (Å²) in [5.74, 6) is -0.134. The number of hydrogen-bond acceptors (Lipinski definition) is 2. The number of benzene rings is 1.